The van der Waals surface area contributed by atoms with Crippen molar-refractivity contribution in [3.05, 3.63) is 18.2 Å². The van der Waals surface area contributed by atoms with Crippen molar-refractivity contribution in [1.29, 1.82) is 0 Å². The van der Waals surface area contributed by atoms with E-state index in [4.69, 9.17) is 0 Å². The summed E-state index contributed by atoms with van der Waals surface area (Å²) in [5, 5.41) is 3.31. The first kappa shape index (κ1) is 11.7. The second kappa shape index (κ2) is 3.81. The third kappa shape index (κ3) is 1.92. The summed E-state index contributed by atoms with van der Waals surface area (Å²) in [4.78, 5) is 8.77. The van der Waals surface area contributed by atoms with Crippen molar-refractivity contribution in [2.75, 3.05) is 31.1 Å². The van der Waals surface area contributed by atoms with Gasteiger partial charge in [-0.1, -0.05) is 0 Å². The maximum atomic E-state index is 12.3. The maximum Gasteiger partial charge on any atom is 0.451 e. The van der Waals surface area contributed by atoms with E-state index in [1.165, 1.54) is 12.4 Å². The van der Waals surface area contributed by atoms with Gasteiger partial charge in [-0.3, -0.25) is 0 Å². The SMILES string of the molecule is FC(F)(F)c1ncc(N2CC3(CCNC3)C2)cn1. The summed E-state index contributed by atoms with van der Waals surface area (Å²) in [5.74, 6) is -1.08. The number of halogens is 3. The predicted molar refractivity (Wildman–Crippen MR) is 59.2 cm³/mol. The van der Waals surface area contributed by atoms with Crippen LogP contribution in [0.3, 0.4) is 0 Å². The van der Waals surface area contributed by atoms with E-state index >= 15 is 0 Å². The third-order valence-corrected chi connectivity index (χ3v) is 3.64. The third-order valence-electron chi connectivity index (χ3n) is 3.64. The molecule has 2 saturated heterocycles. The second-order valence-electron chi connectivity index (χ2n) is 5.05. The summed E-state index contributed by atoms with van der Waals surface area (Å²) >= 11 is 0. The van der Waals surface area contributed by atoms with Crippen LogP contribution in [-0.2, 0) is 6.18 Å². The highest BCUT2D eigenvalue weighted by Gasteiger charge is 2.45. The molecule has 0 aliphatic carbocycles. The summed E-state index contributed by atoms with van der Waals surface area (Å²) in [6.45, 7) is 3.76. The van der Waals surface area contributed by atoms with Crippen LogP contribution < -0.4 is 10.2 Å². The first-order chi connectivity index (χ1) is 8.49. The van der Waals surface area contributed by atoms with Crippen molar-refractivity contribution >= 4 is 5.69 Å². The molecule has 0 amide bonds. The molecule has 4 nitrogen and oxygen atoms in total. The van der Waals surface area contributed by atoms with E-state index in [-0.39, 0.29) is 0 Å². The van der Waals surface area contributed by atoms with E-state index in [1.54, 1.807) is 0 Å². The molecule has 2 aliphatic heterocycles. The first-order valence-corrected chi connectivity index (χ1v) is 5.84. The molecule has 1 aromatic rings. The largest absolute Gasteiger partial charge is 0.451 e. The van der Waals surface area contributed by atoms with E-state index in [9.17, 15) is 13.2 Å². The van der Waals surface area contributed by atoms with Gasteiger partial charge in [-0.05, 0) is 13.0 Å². The highest BCUT2D eigenvalue weighted by Crippen LogP contribution is 2.38. The molecular weight excluding hydrogens is 245 g/mol. The Bertz CT molecular complexity index is 429. The second-order valence-corrected chi connectivity index (χ2v) is 5.05. The highest BCUT2D eigenvalue weighted by molar-refractivity contribution is 5.46. The van der Waals surface area contributed by atoms with Gasteiger partial charge in [0.2, 0.25) is 5.82 Å². The van der Waals surface area contributed by atoms with Crippen LogP contribution in [-0.4, -0.2) is 36.1 Å². The molecule has 0 aromatic carbocycles. The molecule has 7 heteroatoms. The van der Waals surface area contributed by atoms with Gasteiger partial charge < -0.3 is 10.2 Å². The Morgan fingerprint density at radius 3 is 2.39 bits per heavy atom. The average Bonchev–Trinajstić information content (AvgIpc) is 2.75. The molecule has 0 unspecified atom stereocenters. The minimum Gasteiger partial charge on any atom is -0.368 e. The Labute approximate surface area is 102 Å². The van der Waals surface area contributed by atoms with E-state index < -0.39 is 12.0 Å². The summed E-state index contributed by atoms with van der Waals surface area (Å²) in [6, 6.07) is 0. The molecule has 2 aliphatic rings. The number of rotatable bonds is 1. The number of aromatic nitrogens is 2. The van der Waals surface area contributed by atoms with Gasteiger partial charge in [0.1, 0.15) is 0 Å². The average molecular weight is 258 g/mol. The quantitative estimate of drug-likeness (QED) is 0.824. The molecule has 2 fully saturated rings. The summed E-state index contributed by atoms with van der Waals surface area (Å²) in [7, 11) is 0. The molecule has 1 spiro atoms. The standard InChI is InChI=1S/C11H13F3N4/c12-11(13,14)9-16-3-8(4-17-9)18-6-10(7-18)1-2-15-5-10/h3-4,15H,1-2,5-7H2. The molecule has 0 radical (unpaired) electrons. The van der Waals surface area contributed by atoms with Gasteiger partial charge in [-0.25, -0.2) is 9.97 Å². The van der Waals surface area contributed by atoms with Crippen LogP contribution in [0.4, 0.5) is 18.9 Å². The molecule has 0 saturated carbocycles. The summed E-state index contributed by atoms with van der Waals surface area (Å²) in [6.07, 6.45) is -0.828. The Kier molecular flexibility index (Phi) is 2.48. The van der Waals surface area contributed by atoms with E-state index in [0.29, 0.717) is 11.1 Å². The molecule has 0 atom stereocenters. The fourth-order valence-corrected chi connectivity index (χ4v) is 2.64. The fourth-order valence-electron chi connectivity index (χ4n) is 2.64. The number of nitrogens with zero attached hydrogens (tertiary/aromatic N) is 3. The molecule has 98 valence electrons. The number of hydrogen-bond donors (Lipinski definition) is 1. The van der Waals surface area contributed by atoms with Crippen molar-refractivity contribution in [2.24, 2.45) is 5.41 Å². The van der Waals surface area contributed by atoms with Crippen molar-refractivity contribution in [1.82, 2.24) is 15.3 Å². The molecule has 3 heterocycles. The Hall–Kier alpha value is -1.37. The summed E-state index contributed by atoms with van der Waals surface area (Å²) < 4.78 is 36.9. The Morgan fingerprint density at radius 1 is 1.22 bits per heavy atom. The van der Waals surface area contributed by atoms with E-state index in [0.717, 1.165) is 32.6 Å². The first-order valence-electron chi connectivity index (χ1n) is 5.84. The molecule has 1 aromatic heterocycles. The highest BCUT2D eigenvalue weighted by atomic mass is 19.4. The molecule has 3 rings (SSSR count). The fraction of sp³-hybridized carbons (Fsp3) is 0.636. The monoisotopic (exact) mass is 258 g/mol. The minimum absolute atomic E-state index is 0.308. The van der Waals surface area contributed by atoms with Crippen molar-refractivity contribution in [2.45, 2.75) is 12.6 Å². The minimum atomic E-state index is -4.47. The zero-order valence-electron chi connectivity index (χ0n) is 9.67. The van der Waals surface area contributed by atoms with E-state index in [1.807, 2.05) is 4.90 Å². The lowest BCUT2D eigenvalue weighted by atomic mass is 9.79. The number of nitrogens with one attached hydrogen (secondary N) is 1. The molecule has 1 N–H and O–H groups in total. The molecule has 18 heavy (non-hydrogen) atoms. The lowest BCUT2D eigenvalue weighted by Gasteiger charge is -2.48. The van der Waals surface area contributed by atoms with Gasteiger partial charge in [0.05, 0.1) is 18.1 Å². The van der Waals surface area contributed by atoms with Gasteiger partial charge in [-0.15, -0.1) is 0 Å². The van der Waals surface area contributed by atoms with Crippen LogP contribution in [0.25, 0.3) is 0 Å². The van der Waals surface area contributed by atoms with Crippen LogP contribution in [0.5, 0.6) is 0 Å². The van der Waals surface area contributed by atoms with Crippen molar-refractivity contribution in [3.8, 4) is 0 Å². The maximum absolute atomic E-state index is 12.3. The van der Waals surface area contributed by atoms with Crippen LogP contribution in [0.1, 0.15) is 12.2 Å². The smallest absolute Gasteiger partial charge is 0.368 e. The normalized spacial score (nSPS) is 22.3. The number of hydrogen-bond acceptors (Lipinski definition) is 4. The van der Waals surface area contributed by atoms with Gasteiger partial charge in [0.25, 0.3) is 0 Å². The molecule has 0 bridgehead atoms. The van der Waals surface area contributed by atoms with Gasteiger partial charge >= 0.3 is 6.18 Å². The zero-order chi connectivity index (χ0) is 12.8. The van der Waals surface area contributed by atoms with Gasteiger partial charge in [0.15, 0.2) is 0 Å². The Balaban J connectivity index is 1.68. The van der Waals surface area contributed by atoms with Crippen LogP contribution in [0, 0.1) is 5.41 Å². The van der Waals surface area contributed by atoms with Crippen molar-refractivity contribution in [3.63, 3.8) is 0 Å². The van der Waals surface area contributed by atoms with Crippen molar-refractivity contribution < 1.29 is 13.2 Å². The van der Waals surface area contributed by atoms with Gasteiger partial charge in [-0.2, -0.15) is 13.2 Å². The predicted octanol–water partition coefficient (Wildman–Crippen LogP) is 1.30. The van der Waals surface area contributed by atoms with Crippen LogP contribution >= 0.6 is 0 Å². The van der Waals surface area contributed by atoms with Crippen LogP contribution in [0.2, 0.25) is 0 Å². The van der Waals surface area contributed by atoms with Gasteiger partial charge in [0, 0.05) is 25.0 Å². The molecular formula is C11H13F3N4. The number of alkyl halides is 3. The lowest BCUT2D eigenvalue weighted by molar-refractivity contribution is -0.145. The number of anilines is 1. The lowest BCUT2D eigenvalue weighted by Crippen LogP contribution is -2.57. The summed E-state index contributed by atoms with van der Waals surface area (Å²) in [5.41, 5.74) is 0.975. The van der Waals surface area contributed by atoms with Crippen LogP contribution in [0.15, 0.2) is 12.4 Å². The van der Waals surface area contributed by atoms with E-state index in [2.05, 4.69) is 15.3 Å². The topological polar surface area (TPSA) is 41.1 Å². The zero-order valence-corrected chi connectivity index (χ0v) is 9.67. The Morgan fingerprint density at radius 2 is 1.89 bits per heavy atom.